The summed E-state index contributed by atoms with van der Waals surface area (Å²) in [6.45, 7) is 4.56. The molecule has 0 aliphatic carbocycles. The Balaban J connectivity index is 0.00000420. The first kappa shape index (κ1) is 24.9. The van der Waals surface area contributed by atoms with Crippen molar-refractivity contribution in [2.45, 2.75) is 32.5 Å². The molecule has 0 saturated heterocycles. The maximum absolute atomic E-state index is 11.3. The summed E-state index contributed by atoms with van der Waals surface area (Å²) in [5.41, 5.74) is 8.15. The van der Waals surface area contributed by atoms with E-state index in [0.29, 0.717) is 18.2 Å². The molecule has 158 valence electrons. The Kier molecular flexibility index (Phi) is 11.3. The number of hydrogen-bond acceptors (Lipinski definition) is 3. The maximum Gasteiger partial charge on any atom is 0.248 e. The lowest BCUT2D eigenvalue weighted by molar-refractivity contribution is 0.1000. The summed E-state index contributed by atoms with van der Waals surface area (Å²) in [6, 6.07) is 18.2. The highest BCUT2D eigenvalue weighted by Crippen LogP contribution is 2.08. The number of carbonyl (C=O) groups is 1. The summed E-state index contributed by atoms with van der Waals surface area (Å²) in [5.74, 6) is 0.320. The van der Waals surface area contributed by atoms with Crippen molar-refractivity contribution >= 4 is 35.8 Å². The van der Waals surface area contributed by atoms with E-state index in [-0.39, 0.29) is 24.0 Å². The smallest absolute Gasteiger partial charge is 0.248 e. The molecule has 0 aromatic heterocycles. The first-order valence-corrected chi connectivity index (χ1v) is 9.57. The van der Waals surface area contributed by atoms with Crippen LogP contribution in [0.3, 0.4) is 0 Å². The lowest BCUT2D eigenvalue weighted by Gasteiger charge is -2.25. The number of aliphatic imine (C=N–C) groups is 1. The van der Waals surface area contributed by atoms with Gasteiger partial charge >= 0.3 is 0 Å². The third-order valence-electron chi connectivity index (χ3n) is 4.78. The summed E-state index contributed by atoms with van der Waals surface area (Å²) in [7, 11) is 3.90. The van der Waals surface area contributed by atoms with Crippen LogP contribution < -0.4 is 16.4 Å². The van der Waals surface area contributed by atoms with Gasteiger partial charge < -0.3 is 16.4 Å². The lowest BCUT2D eigenvalue weighted by Crippen LogP contribution is -2.39. The number of nitrogens with two attached hydrogens (primary N) is 1. The molecule has 2 aromatic rings. The van der Waals surface area contributed by atoms with Gasteiger partial charge in [0.05, 0.1) is 0 Å². The number of guanidine groups is 1. The van der Waals surface area contributed by atoms with Crippen molar-refractivity contribution in [3.63, 3.8) is 0 Å². The van der Waals surface area contributed by atoms with E-state index in [0.717, 1.165) is 31.0 Å². The largest absolute Gasteiger partial charge is 0.366 e. The Morgan fingerprint density at radius 1 is 1.10 bits per heavy atom. The third kappa shape index (κ3) is 8.82. The predicted molar refractivity (Wildman–Crippen MR) is 131 cm³/mol. The number of benzene rings is 2. The molecular weight excluding hydrogens is 477 g/mol. The molecule has 0 aliphatic rings. The molecule has 7 heteroatoms. The van der Waals surface area contributed by atoms with Crippen LogP contribution in [0, 0.1) is 0 Å². The normalized spacial score (nSPS) is 12.2. The Bertz CT molecular complexity index is 782. The minimum absolute atomic E-state index is 0. The van der Waals surface area contributed by atoms with E-state index in [1.54, 1.807) is 19.2 Å². The molecule has 0 heterocycles. The minimum atomic E-state index is -0.419. The Labute approximate surface area is 191 Å². The number of hydrogen-bond donors (Lipinski definition) is 3. The fraction of sp³-hybridized carbons (Fsp3) is 0.364. The van der Waals surface area contributed by atoms with Gasteiger partial charge in [0, 0.05) is 38.3 Å². The van der Waals surface area contributed by atoms with Crippen molar-refractivity contribution in [1.82, 2.24) is 15.5 Å². The highest BCUT2D eigenvalue weighted by molar-refractivity contribution is 14.0. The molecule has 6 nitrogen and oxygen atoms in total. The molecule has 0 fully saturated rings. The van der Waals surface area contributed by atoms with Crippen LogP contribution in [-0.2, 0) is 13.1 Å². The van der Waals surface area contributed by atoms with Gasteiger partial charge in [0.15, 0.2) is 5.96 Å². The van der Waals surface area contributed by atoms with E-state index in [2.05, 4.69) is 58.8 Å². The summed E-state index contributed by atoms with van der Waals surface area (Å²) >= 11 is 0. The number of carbonyl (C=O) groups excluding carboxylic acids is 1. The van der Waals surface area contributed by atoms with Crippen LogP contribution in [-0.4, -0.2) is 43.4 Å². The van der Waals surface area contributed by atoms with Gasteiger partial charge in [-0.25, -0.2) is 0 Å². The standard InChI is InChI=1S/C22H31N5O.HI/c1-17(27(3)16-18-8-5-4-6-9-18)12-13-25-22(24-2)26-15-19-10-7-11-20(14-19)21(23)28;/h4-11,14,17H,12-13,15-16H2,1-3H3,(H2,23,28)(H2,24,25,26);1H. The van der Waals surface area contributed by atoms with Gasteiger partial charge in [0.25, 0.3) is 0 Å². The van der Waals surface area contributed by atoms with Gasteiger partial charge in [-0.3, -0.25) is 14.7 Å². The van der Waals surface area contributed by atoms with Crippen molar-refractivity contribution in [3.05, 3.63) is 71.3 Å². The van der Waals surface area contributed by atoms with Crippen LogP contribution >= 0.6 is 24.0 Å². The zero-order chi connectivity index (χ0) is 20.4. The van der Waals surface area contributed by atoms with Gasteiger partial charge in [-0.1, -0.05) is 42.5 Å². The van der Waals surface area contributed by atoms with Gasteiger partial charge in [0.1, 0.15) is 0 Å². The zero-order valence-corrected chi connectivity index (χ0v) is 19.7. The van der Waals surface area contributed by atoms with Crippen molar-refractivity contribution in [3.8, 4) is 0 Å². The summed E-state index contributed by atoms with van der Waals surface area (Å²) in [5, 5.41) is 6.62. The van der Waals surface area contributed by atoms with E-state index in [9.17, 15) is 4.79 Å². The number of halogens is 1. The summed E-state index contributed by atoms with van der Waals surface area (Å²) in [4.78, 5) is 17.9. The Morgan fingerprint density at radius 2 is 1.79 bits per heavy atom. The fourth-order valence-corrected chi connectivity index (χ4v) is 2.89. The third-order valence-corrected chi connectivity index (χ3v) is 4.78. The highest BCUT2D eigenvalue weighted by atomic mass is 127. The average Bonchev–Trinajstić information content (AvgIpc) is 2.71. The number of nitrogens with one attached hydrogen (secondary N) is 2. The predicted octanol–water partition coefficient (Wildman–Crippen LogP) is 2.98. The molecule has 0 radical (unpaired) electrons. The lowest BCUT2D eigenvalue weighted by atomic mass is 10.1. The SMILES string of the molecule is CN=C(NCCC(C)N(C)Cc1ccccc1)NCc1cccc(C(N)=O)c1.I. The Hall–Kier alpha value is -2.13. The van der Waals surface area contributed by atoms with Crippen molar-refractivity contribution < 1.29 is 4.79 Å². The minimum Gasteiger partial charge on any atom is -0.366 e. The van der Waals surface area contributed by atoms with Gasteiger partial charge in [-0.2, -0.15) is 0 Å². The first-order chi connectivity index (χ1) is 13.5. The molecule has 0 saturated carbocycles. The van der Waals surface area contributed by atoms with Crippen LogP contribution in [0.4, 0.5) is 0 Å². The zero-order valence-electron chi connectivity index (χ0n) is 17.4. The quantitative estimate of drug-likeness (QED) is 0.276. The molecule has 1 unspecified atom stereocenters. The van der Waals surface area contributed by atoms with Crippen LogP contribution in [0.15, 0.2) is 59.6 Å². The second kappa shape index (κ2) is 13.2. The van der Waals surface area contributed by atoms with Crippen molar-refractivity contribution in [2.75, 3.05) is 20.6 Å². The number of primary amides is 1. The Morgan fingerprint density at radius 3 is 2.45 bits per heavy atom. The summed E-state index contributed by atoms with van der Waals surface area (Å²) < 4.78 is 0. The molecule has 1 atom stereocenters. The van der Waals surface area contributed by atoms with Crippen LogP contribution in [0.1, 0.15) is 34.8 Å². The number of amides is 1. The molecule has 1 amide bonds. The van der Waals surface area contributed by atoms with Crippen molar-refractivity contribution in [1.29, 1.82) is 0 Å². The van der Waals surface area contributed by atoms with E-state index in [1.807, 2.05) is 18.2 Å². The molecule has 0 bridgehead atoms. The topological polar surface area (TPSA) is 82.8 Å². The molecule has 4 N–H and O–H groups in total. The van der Waals surface area contributed by atoms with E-state index < -0.39 is 5.91 Å². The van der Waals surface area contributed by atoms with Crippen LogP contribution in [0.2, 0.25) is 0 Å². The molecule has 0 spiro atoms. The highest BCUT2D eigenvalue weighted by Gasteiger charge is 2.10. The number of nitrogens with zero attached hydrogens (tertiary/aromatic N) is 2. The van der Waals surface area contributed by atoms with Crippen molar-refractivity contribution in [2.24, 2.45) is 10.7 Å². The van der Waals surface area contributed by atoms with Gasteiger partial charge in [-0.15, -0.1) is 24.0 Å². The second-order valence-corrected chi connectivity index (χ2v) is 6.96. The average molecular weight is 509 g/mol. The van der Waals surface area contributed by atoms with Gasteiger partial charge in [-0.05, 0) is 43.7 Å². The van der Waals surface area contributed by atoms with E-state index in [1.165, 1.54) is 5.56 Å². The van der Waals surface area contributed by atoms with Gasteiger partial charge in [0.2, 0.25) is 5.91 Å². The molecule has 0 aliphatic heterocycles. The molecule has 29 heavy (non-hydrogen) atoms. The van der Waals surface area contributed by atoms with E-state index >= 15 is 0 Å². The summed E-state index contributed by atoms with van der Waals surface area (Å²) in [6.07, 6.45) is 1.00. The molecule has 2 rings (SSSR count). The number of rotatable bonds is 9. The first-order valence-electron chi connectivity index (χ1n) is 9.57. The van der Waals surface area contributed by atoms with Crippen LogP contribution in [0.5, 0.6) is 0 Å². The molecular formula is C22H32IN5O. The van der Waals surface area contributed by atoms with E-state index in [4.69, 9.17) is 5.73 Å². The fourth-order valence-electron chi connectivity index (χ4n) is 2.89. The maximum atomic E-state index is 11.3. The monoisotopic (exact) mass is 509 g/mol. The van der Waals surface area contributed by atoms with Crippen LogP contribution in [0.25, 0.3) is 0 Å². The second-order valence-electron chi connectivity index (χ2n) is 6.96. The molecule has 2 aromatic carbocycles.